The predicted molar refractivity (Wildman–Crippen MR) is 136 cm³/mol. The number of pyridine rings is 1. The molecule has 9 heteroatoms. The van der Waals surface area contributed by atoms with Crippen molar-refractivity contribution in [1.82, 2.24) is 25.2 Å². The smallest absolute Gasteiger partial charge is 0.258 e. The zero-order chi connectivity index (χ0) is 24.3. The third-order valence-electron chi connectivity index (χ3n) is 6.39. The van der Waals surface area contributed by atoms with Gasteiger partial charge in [0.05, 0.1) is 16.9 Å². The van der Waals surface area contributed by atoms with E-state index in [0.717, 1.165) is 49.1 Å². The summed E-state index contributed by atoms with van der Waals surface area (Å²) >= 11 is 6.50. The summed E-state index contributed by atoms with van der Waals surface area (Å²) in [7, 11) is 2.14. The lowest BCUT2D eigenvalue weighted by Crippen LogP contribution is -2.44. The van der Waals surface area contributed by atoms with Crippen LogP contribution in [0.25, 0.3) is 22.6 Å². The van der Waals surface area contributed by atoms with Crippen LogP contribution in [0.1, 0.15) is 40.0 Å². The number of hydrogen-bond donors (Lipinski definition) is 3. The van der Waals surface area contributed by atoms with Crippen molar-refractivity contribution >= 4 is 34.4 Å². The van der Waals surface area contributed by atoms with E-state index >= 15 is 0 Å². The number of halogens is 1. The number of nitrogens with zero attached hydrogens (tertiary/aromatic N) is 3. The van der Waals surface area contributed by atoms with Crippen molar-refractivity contribution in [2.24, 2.45) is 0 Å². The van der Waals surface area contributed by atoms with Crippen LogP contribution in [0.5, 0.6) is 5.75 Å². The van der Waals surface area contributed by atoms with E-state index in [2.05, 4.69) is 32.5 Å². The van der Waals surface area contributed by atoms with Gasteiger partial charge in [0.1, 0.15) is 17.1 Å². The number of H-pyrrole nitrogens is 1. The van der Waals surface area contributed by atoms with Crippen LogP contribution in [-0.2, 0) is 4.79 Å². The number of anilines is 1. The van der Waals surface area contributed by atoms with Gasteiger partial charge < -0.3 is 25.3 Å². The second-order valence-corrected chi connectivity index (χ2v) is 9.99. The fraction of sp³-hybridized carbons (Fsp3) is 0.480. The van der Waals surface area contributed by atoms with Crippen LogP contribution in [0.3, 0.4) is 0 Å². The number of fused-ring (bicyclic) bond motifs is 1. The molecule has 0 saturated carbocycles. The first-order valence-electron chi connectivity index (χ1n) is 11.8. The summed E-state index contributed by atoms with van der Waals surface area (Å²) in [5.74, 6) is 1.18. The molecule has 3 aromatic rings. The van der Waals surface area contributed by atoms with Crippen molar-refractivity contribution in [2.75, 3.05) is 32.1 Å². The topological polar surface area (TPSA) is 95.2 Å². The Labute approximate surface area is 205 Å². The number of piperidine rings is 1. The number of carbonyl (C=O) groups excluding carboxylic acids is 1. The van der Waals surface area contributed by atoms with Gasteiger partial charge in [-0.2, -0.15) is 0 Å². The number of ether oxygens (including phenoxy) is 1. The van der Waals surface area contributed by atoms with Crippen LogP contribution in [0.4, 0.5) is 5.69 Å². The molecule has 1 saturated heterocycles. The number of aromatic amines is 1. The highest BCUT2D eigenvalue weighted by Gasteiger charge is 2.21. The van der Waals surface area contributed by atoms with Crippen LogP contribution in [0, 0.1) is 0 Å². The maximum atomic E-state index is 12.1. The van der Waals surface area contributed by atoms with Gasteiger partial charge in [-0.25, -0.2) is 9.97 Å². The monoisotopic (exact) mass is 484 g/mol. The molecule has 4 rings (SSSR count). The van der Waals surface area contributed by atoms with E-state index in [1.165, 1.54) is 0 Å². The second kappa shape index (κ2) is 10.2. The molecule has 0 unspecified atom stereocenters. The molecule has 1 aromatic carbocycles. The number of imidazole rings is 1. The molecule has 2 aromatic heterocycles. The Hall–Kier alpha value is -2.84. The fourth-order valence-electron chi connectivity index (χ4n) is 3.92. The molecule has 1 aliphatic heterocycles. The van der Waals surface area contributed by atoms with Crippen molar-refractivity contribution in [3.05, 3.63) is 35.5 Å². The van der Waals surface area contributed by atoms with Crippen LogP contribution < -0.4 is 15.4 Å². The molecule has 0 radical (unpaired) electrons. The number of rotatable bonds is 8. The summed E-state index contributed by atoms with van der Waals surface area (Å²) in [4.78, 5) is 27.0. The molecule has 0 atom stereocenters. The van der Waals surface area contributed by atoms with Crippen molar-refractivity contribution in [3.8, 4) is 17.1 Å². The lowest BCUT2D eigenvalue weighted by molar-refractivity contribution is -0.124. The molecular formula is C25H33ClN6O2. The Balaban J connectivity index is 1.46. The Bertz CT molecular complexity index is 1140. The van der Waals surface area contributed by atoms with Crippen molar-refractivity contribution in [2.45, 2.75) is 51.6 Å². The standard InChI is InChI=1S/C25H33ClN6O2/c1-5-25(2,3)31-20(33)15-34-18-8-6-16(7-9-18)23-29-22-21(19(26)14-27-24(22)30-23)28-17-10-12-32(4)13-11-17/h6-9,14,17H,5,10-13,15H2,1-4H3,(H,31,33)(H2,27,28,29,30). The molecule has 3 N–H and O–H groups in total. The Morgan fingerprint density at radius 2 is 1.97 bits per heavy atom. The molecule has 1 fully saturated rings. The molecule has 0 spiro atoms. The molecule has 1 aliphatic rings. The summed E-state index contributed by atoms with van der Waals surface area (Å²) in [6.45, 7) is 8.11. The van der Waals surface area contributed by atoms with Crippen molar-refractivity contribution in [3.63, 3.8) is 0 Å². The highest BCUT2D eigenvalue weighted by atomic mass is 35.5. The number of likely N-dealkylation sites (tertiary alicyclic amines) is 1. The van der Waals surface area contributed by atoms with Gasteiger partial charge in [-0.05, 0) is 77.5 Å². The summed E-state index contributed by atoms with van der Waals surface area (Å²) in [6.07, 6.45) is 4.62. The van der Waals surface area contributed by atoms with Gasteiger partial charge in [0.25, 0.3) is 5.91 Å². The minimum atomic E-state index is -0.246. The SMILES string of the molecule is CCC(C)(C)NC(=O)COc1ccc(-c2nc3c(NC4CCN(C)CC4)c(Cl)cnc3[nH]2)cc1. The fourth-order valence-corrected chi connectivity index (χ4v) is 4.11. The molecule has 0 aliphatic carbocycles. The summed E-state index contributed by atoms with van der Waals surface area (Å²) in [6, 6.07) is 7.84. The first-order chi connectivity index (χ1) is 16.2. The van der Waals surface area contributed by atoms with E-state index in [0.29, 0.717) is 28.3 Å². The molecule has 0 bridgehead atoms. The molecule has 182 valence electrons. The van der Waals surface area contributed by atoms with Crippen molar-refractivity contribution in [1.29, 1.82) is 0 Å². The van der Waals surface area contributed by atoms with E-state index < -0.39 is 0 Å². The third-order valence-corrected chi connectivity index (χ3v) is 6.68. The molecule has 8 nitrogen and oxygen atoms in total. The predicted octanol–water partition coefficient (Wildman–Crippen LogP) is 4.47. The average molecular weight is 485 g/mol. The zero-order valence-electron chi connectivity index (χ0n) is 20.2. The van der Waals surface area contributed by atoms with Crippen molar-refractivity contribution < 1.29 is 9.53 Å². The van der Waals surface area contributed by atoms with Crippen LogP contribution in [0.15, 0.2) is 30.5 Å². The second-order valence-electron chi connectivity index (χ2n) is 9.58. The number of hydrogen-bond acceptors (Lipinski definition) is 6. The van der Waals surface area contributed by atoms with Gasteiger partial charge in [-0.15, -0.1) is 0 Å². The highest BCUT2D eigenvalue weighted by Crippen LogP contribution is 2.32. The van der Waals surface area contributed by atoms with Crippen LogP contribution in [-0.4, -0.2) is 64.1 Å². The maximum Gasteiger partial charge on any atom is 0.258 e. The number of amides is 1. The van der Waals surface area contributed by atoms with Gasteiger partial charge in [0.2, 0.25) is 0 Å². The molecule has 1 amide bonds. The van der Waals surface area contributed by atoms with E-state index in [9.17, 15) is 4.79 Å². The normalized spacial score (nSPS) is 15.4. The lowest BCUT2D eigenvalue weighted by atomic mass is 10.0. The molecule has 34 heavy (non-hydrogen) atoms. The van der Waals surface area contributed by atoms with E-state index in [4.69, 9.17) is 21.3 Å². The Morgan fingerprint density at radius 1 is 1.26 bits per heavy atom. The van der Waals surface area contributed by atoms with Crippen LogP contribution >= 0.6 is 11.6 Å². The summed E-state index contributed by atoms with van der Waals surface area (Å²) in [5.41, 5.74) is 2.89. The minimum Gasteiger partial charge on any atom is -0.484 e. The van der Waals surface area contributed by atoms with Gasteiger partial charge in [-0.3, -0.25) is 4.79 Å². The van der Waals surface area contributed by atoms with Gasteiger partial charge in [0.15, 0.2) is 12.3 Å². The quantitative estimate of drug-likeness (QED) is 0.436. The number of benzene rings is 1. The van der Waals surface area contributed by atoms with E-state index in [1.807, 2.05) is 45.0 Å². The van der Waals surface area contributed by atoms with Gasteiger partial charge in [0, 0.05) is 17.1 Å². The summed E-state index contributed by atoms with van der Waals surface area (Å²) < 4.78 is 5.65. The zero-order valence-corrected chi connectivity index (χ0v) is 21.0. The van der Waals surface area contributed by atoms with E-state index in [1.54, 1.807) is 6.20 Å². The molecular weight excluding hydrogens is 452 g/mol. The first-order valence-corrected chi connectivity index (χ1v) is 12.2. The van der Waals surface area contributed by atoms with Crippen LogP contribution in [0.2, 0.25) is 5.02 Å². The minimum absolute atomic E-state index is 0.0260. The van der Waals surface area contributed by atoms with Gasteiger partial charge in [-0.1, -0.05) is 18.5 Å². The first kappa shape index (κ1) is 24.3. The molecule has 3 heterocycles. The Kier molecular flexibility index (Phi) is 7.28. The number of carbonyl (C=O) groups is 1. The Morgan fingerprint density at radius 3 is 2.65 bits per heavy atom. The largest absolute Gasteiger partial charge is 0.484 e. The lowest BCUT2D eigenvalue weighted by Gasteiger charge is -2.30. The highest BCUT2D eigenvalue weighted by molar-refractivity contribution is 6.34. The summed E-state index contributed by atoms with van der Waals surface area (Å²) in [5, 5.41) is 7.13. The number of nitrogens with one attached hydrogen (secondary N) is 3. The van der Waals surface area contributed by atoms with E-state index in [-0.39, 0.29) is 18.1 Å². The maximum absolute atomic E-state index is 12.1. The number of aromatic nitrogens is 3. The third kappa shape index (κ3) is 5.80. The average Bonchev–Trinajstić information content (AvgIpc) is 3.26. The van der Waals surface area contributed by atoms with Gasteiger partial charge >= 0.3 is 0 Å².